The molecule has 5 rings (SSSR count). The molecule has 28 heavy (non-hydrogen) atoms. The van der Waals surface area contributed by atoms with Gasteiger partial charge in [-0.2, -0.15) is 0 Å². The molecule has 1 saturated heterocycles. The molecule has 1 aliphatic heterocycles. The van der Waals surface area contributed by atoms with Gasteiger partial charge in [-0.05, 0) is 66.8 Å². The summed E-state index contributed by atoms with van der Waals surface area (Å²) in [5.74, 6) is 1.26. The van der Waals surface area contributed by atoms with Gasteiger partial charge < -0.3 is 19.9 Å². The first-order chi connectivity index (χ1) is 13.2. The first-order valence-corrected chi connectivity index (χ1v) is 11.2. The molecule has 5 aliphatic rings. The Hall–Kier alpha value is -1.07. The second kappa shape index (κ2) is 5.98. The van der Waals surface area contributed by atoms with Crippen molar-refractivity contribution in [1.82, 2.24) is 5.32 Å². The largest absolute Gasteiger partial charge is 0.442 e. The van der Waals surface area contributed by atoms with E-state index in [1.54, 1.807) is 7.05 Å². The second-order valence-electron chi connectivity index (χ2n) is 10.6. The molecule has 3 saturated carbocycles. The number of ether oxygens (including phenoxy) is 2. The van der Waals surface area contributed by atoms with Crippen LogP contribution >= 0.6 is 0 Å². The molecule has 0 bridgehead atoms. The van der Waals surface area contributed by atoms with Crippen LogP contribution in [0, 0.1) is 34.5 Å². The number of carbonyl (C=O) groups excluding carboxylic acids is 1. The number of nitrogens with one attached hydrogen (secondary N) is 1. The quantitative estimate of drug-likeness (QED) is 0.553. The third kappa shape index (κ3) is 2.41. The van der Waals surface area contributed by atoms with Crippen molar-refractivity contribution >= 4 is 6.09 Å². The average Bonchev–Trinajstić information content (AvgIpc) is 3.16. The predicted octanol–water partition coefficient (Wildman–Crippen LogP) is 4.01. The van der Waals surface area contributed by atoms with E-state index in [0.717, 1.165) is 12.3 Å². The number of fused-ring (bicyclic) bond motifs is 6. The third-order valence-electron chi connectivity index (χ3n) is 9.61. The van der Waals surface area contributed by atoms with Crippen molar-refractivity contribution in [3.05, 3.63) is 11.6 Å². The van der Waals surface area contributed by atoms with Crippen molar-refractivity contribution in [2.45, 2.75) is 83.7 Å². The minimum atomic E-state index is -0.973. The van der Waals surface area contributed by atoms with Gasteiger partial charge in [-0.1, -0.05) is 32.8 Å². The lowest BCUT2D eigenvalue weighted by Gasteiger charge is -2.58. The molecular formula is C23H35NO4. The molecular weight excluding hydrogens is 354 g/mol. The minimum Gasteiger partial charge on any atom is -0.442 e. The van der Waals surface area contributed by atoms with E-state index in [4.69, 9.17) is 9.47 Å². The van der Waals surface area contributed by atoms with Gasteiger partial charge in [0.15, 0.2) is 5.79 Å². The number of epoxide rings is 1. The average molecular weight is 390 g/mol. The molecule has 1 amide bonds. The normalized spacial score (nSPS) is 53.8. The lowest BCUT2D eigenvalue weighted by Crippen LogP contribution is -2.56. The number of hydrogen-bond donors (Lipinski definition) is 2. The smallest absolute Gasteiger partial charge is 0.407 e. The van der Waals surface area contributed by atoms with Crippen LogP contribution in [0.4, 0.5) is 4.79 Å². The first-order valence-electron chi connectivity index (χ1n) is 11.2. The summed E-state index contributed by atoms with van der Waals surface area (Å²) in [4.78, 5) is 12.2. The number of amides is 1. The van der Waals surface area contributed by atoms with Crippen LogP contribution in [-0.2, 0) is 9.47 Å². The summed E-state index contributed by atoms with van der Waals surface area (Å²) in [6, 6.07) is 0. The van der Waals surface area contributed by atoms with Crippen LogP contribution < -0.4 is 5.32 Å². The topological polar surface area (TPSA) is 71.1 Å². The zero-order valence-corrected chi connectivity index (χ0v) is 17.7. The maximum atomic E-state index is 12.2. The van der Waals surface area contributed by atoms with Gasteiger partial charge in [0.1, 0.15) is 12.2 Å². The van der Waals surface area contributed by atoms with Crippen molar-refractivity contribution in [3.8, 4) is 0 Å². The minimum absolute atomic E-state index is 0.0213. The zero-order chi connectivity index (χ0) is 19.9. The fraction of sp³-hybridized carbons (Fsp3) is 0.870. The molecule has 4 aliphatic carbocycles. The predicted molar refractivity (Wildman–Crippen MR) is 105 cm³/mol. The van der Waals surface area contributed by atoms with Crippen LogP contribution in [0.25, 0.3) is 0 Å². The fourth-order valence-electron chi connectivity index (χ4n) is 7.98. The Morgan fingerprint density at radius 1 is 1.32 bits per heavy atom. The van der Waals surface area contributed by atoms with Crippen molar-refractivity contribution < 1.29 is 19.4 Å². The van der Waals surface area contributed by atoms with Gasteiger partial charge in [0, 0.05) is 19.4 Å². The monoisotopic (exact) mass is 389 g/mol. The fourth-order valence-corrected chi connectivity index (χ4v) is 7.98. The van der Waals surface area contributed by atoms with Gasteiger partial charge in [-0.25, -0.2) is 4.79 Å². The van der Waals surface area contributed by atoms with Crippen LogP contribution in [0.3, 0.4) is 0 Å². The number of carbonyl (C=O) groups is 1. The molecule has 0 spiro atoms. The highest BCUT2D eigenvalue weighted by molar-refractivity contribution is 5.67. The molecule has 5 heteroatoms. The first kappa shape index (κ1) is 18.9. The van der Waals surface area contributed by atoms with E-state index >= 15 is 0 Å². The summed E-state index contributed by atoms with van der Waals surface area (Å²) < 4.78 is 11.6. The van der Waals surface area contributed by atoms with Gasteiger partial charge >= 0.3 is 6.09 Å². The van der Waals surface area contributed by atoms with Crippen LogP contribution in [0.2, 0.25) is 0 Å². The zero-order valence-electron chi connectivity index (χ0n) is 17.7. The molecule has 0 radical (unpaired) electrons. The number of aliphatic hydroxyl groups is 1. The second-order valence-corrected chi connectivity index (χ2v) is 10.6. The summed E-state index contributed by atoms with van der Waals surface area (Å²) in [6.45, 7) is 7.20. The SMILES string of the molecule is CC[C@H]1CC[C@H]2[C@@H]3[C@H](OC(=O)NC)C=C4C[C@]5(O)O[C@H]5C[C@]4(C)[C@H]3CC[C@]12C. The lowest BCUT2D eigenvalue weighted by atomic mass is 9.46. The summed E-state index contributed by atoms with van der Waals surface area (Å²) >= 11 is 0. The van der Waals surface area contributed by atoms with Gasteiger partial charge in [-0.3, -0.25) is 0 Å². The van der Waals surface area contributed by atoms with Crippen molar-refractivity contribution in [1.29, 1.82) is 0 Å². The van der Waals surface area contributed by atoms with E-state index in [1.807, 2.05) is 0 Å². The van der Waals surface area contributed by atoms with Crippen LogP contribution in [0.5, 0.6) is 0 Å². The molecule has 0 aromatic rings. The lowest BCUT2D eigenvalue weighted by molar-refractivity contribution is -0.0927. The molecule has 0 aromatic carbocycles. The molecule has 156 valence electrons. The molecule has 0 unspecified atom stereocenters. The van der Waals surface area contributed by atoms with Crippen molar-refractivity contribution in [3.63, 3.8) is 0 Å². The van der Waals surface area contributed by atoms with E-state index < -0.39 is 5.79 Å². The van der Waals surface area contributed by atoms with E-state index in [2.05, 4.69) is 32.2 Å². The van der Waals surface area contributed by atoms with Crippen molar-refractivity contribution in [2.24, 2.45) is 34.5 Å². The van der Waals surface area contributed by atoms with Gasteiger partial charge in [0.25, 0.3) is 0 Å². The Kier molecular flexibility index (Phi) is 4.04. The van der Waals surface area contributed by atoms with E-state index in [0.29, 0.717) is 29.6 Å². The summed E-state index contributed by atoms with van der Waals surface area (Å²) in [5.41, 5.74) is 1.65. The van der Waals surface area contributed by atoms with E-state index in [9.17, 15) is 9.90 Å². The van der Waals surface area contributed by atoms with Crippen LogP contribution in [0.1, 0.15) is 65.7 Å². The summed E-state index contributed by atoms with van der Waals surface area (Å²) in [5, 5.41) is 13.2. The molecule has 5 nitrogen and oxygen atoms in total. The van der Waals surface area contributed by atoms with Gasteiger partial charge in [0.2, 0.25) is 0 Å². The molecule has 2 N–H and O–H groups in total. The standard InChI is InChI=1S/C23H35NO4/c1-5-13-6-7-15-19-16(8-9-21(13,15)2)22(3)12-18-23(26,28-18)11-14(22)10-17(19)27-20(25)24-4/h10,13,15-19,26H,5-9,11-12H2,1-4H3,(H,24,25)/t13-,15-,16-,17+,18-,19-,21+,22-,23-/m0/s1. The van der Waals surface area contributed by atoms with E-state index in [-0.39, 0.29) is 23.7 Å². The number of hydrogen-bond acceptors (Lipinski definition) is 4. The Morgan fingerprint density at radius 3 is 2.82 bits per heavy atom. The highest BCUT2D eigenvalue weighted by Gasteiger charge is 2.68. The van der Waals surface area contributed by atoms with Crippen molar-refractivity contribution in [2.75, 3.05) is 7.05 Å². The highest BCUT2D eigenvalue weighted by Crippen LogP contribution is 2.69. The summed E-state index contributed by atoms with van der Waals surface area (Å²) in [6.07, 6.45) is 9.30. The molecule has 0 aromatic heterocycles. The maximum absolute atomic E-state index is 12.2. The Bertz CT molecular complexity index is 721. The third-order valence-corrected chi connectivity index (χ3v) is 9.61. The molecule has 9 atom stereocenters. The van der Waals surface area contributed by atoms with E-state index in [1.165, 1.54) is 37.7 Å². The number of rotatable bonds is 2. The number of alkyl carbamates (subject to hydrolysis) is 1. The Balaban J connectivity index is 1.55. The molecule has 1 heterocycles. The Labute approximate surface area is 168 Å². The maximum Gasteiger partial charge on any atom is 0.407 e. The highest BCUT2D eigenvalue weighted by atomic mass is 16.7. The molecule has 4 fully saturated rings. The van der Waals surface area contributed by atoms with Crippen LogP contribution in [0.15, 0.2) is 11.6 Å². The van der Waals surface area contributed by atoms with Gasteiger partial charge in [0.05, 0.1) is 0 Å². The summed E-state index contributed by atoms with van der Waals surface area (Å²) in [7, 11) is 1.62. The Morgan fingerprint density at radius 2 is 2.11 bits per heavy atom. The van der Waals surface area contributed by atoms with Crippen LogP contribution in [-0.4, -0.2) is 36.2 Å². The van der Waals surface area contributed by atoms with Gasteiger partial charge in [-0.15, -0.1) is 0 Å².